The quantitative estimate of drug-likeness (QED) is 0.413. The number of pyridine rings is 1. The molecular weight excluding hydrogens is 504 g/mol. The summed E-state index contributed by atoms with van der Waals surface area (Å²) in [6.45, 7) is 12.8. The van der Waals surface area contributed by atoms with Crippen molar-refractivity contribution in [3.05, 3.63) is 74.7 Å². The van der Waals surface area contributed by atoms with Crippen molar-refractivity contribution in [3.8, 4) is 0 Å². The molecule has 0 radical (unpaired) electrons. The summed E-state index contributed by atoms with van der Waals surface area (Å²) in [6.07, 6.45) is 8.38. The molecule has 40 heavy (non-hydrogen) atoms. The minimum atomic E-state index is -0.657. The van der Waals surface area contributed by atoms with Crippen LogP contribution in [0.3, 0.4) is 0 Å². The minimum Gasteiger partial charge on any atom is -0.465 e. The Bertz CT molecular complexity index is 1300. The molecule has 1 amide bonds. The van der Waals surface area contributed by atoms with Gasteiger partial charge in [-0.15, -0.1) is 0 Å². The van der Waals surface area contributed by atoms with Gasteiger partial charge in [-0.25, -0.2) is 0 Å². The van der Waals surface area contributed by atoms with Crippen LogP contribution in [0.4, 0.5) is 5.69 Å². The maximum Gasteiger partial charge on any atom is 0.325 e. The molecule has 3 heterocycles. The van der Waals surface area contributed by atoms with E-state index in [4.69, 9.17) is 4.74 Å². The smallest absolute Gasteiger partial charge is 0.325 e. The van der Waals surface area contributed by atoms with Gasteiger partial charge in [0.25, 0.3) is 11.5 Å². The molecule has 4 rings (SSSR count). The highest BCUT2D eigenvalue weighted by Gasteiger charge is 2.39. The third-order valence-electron chi connectivity index (χ3n) is 8.37. The number of H-pyrrole nitrogens is 1. The molecule has 0 atom stereocenters. The molecular formula is C32H44N4O4. The fraction of sp³-hybridized carbons (Fsp3) is 0.531. The molecule has 0 spiro atoms. The van der Waals surface area contributed by atoms with E-state index in [9.17, 15) is 14.4 Å². The van der Waals surface area contributed by atoms with Gasteiger partial charge in [-0.1, -0.05) is 18.2 Å². The second kappa shape index (κ2) is 12.9. The van der Waals surface area contributed by atoms with Crippen LogP contribution in [-0.4, -0.2) is 59.6 Å². The molecule has 2 aliphatic heterocycles. The number of esters is 1. The number of piperidine rings is 1. The van der Waals surface area contributed by atoms with Gasteiger partial charge in [0.15, 0.2) is 0 Å². The third kappa shape index (κ3) is 6.33. The van der Waals surface area contributed by atoms with Crippen molar-refractivity contribution in [1.82, 2.24) is 15.2 Å². The number of aromatic nitrogens is 1. The Morgan fingerprint density at radius 1 is 1.12 bits per heavy atom. The Morgan fingerprint density at radius 2 is 1.88 bits per heavy atom. The maximum atomic E-state index is 13.5. The highest BCUT2D eigenvalue weighted by molar-refractivity contribution is 5.97. The van der Waals surface area contributed by atoms with Gasteiger partial charge in [0, 0.05) is 54.7 Å². The lowest BCUT2D eigenvalue weighted by Gasteiger charge is -2.44. The van der Waals surface area contributed by atoms with Crippen molar-refractivity contribution >= 4 is 17.6 Å². The van der Waals surface area contributed by atoms with Gasteiger partial charge in [0.2, 0.25) is 0 Å². The first-order chi connectivity index (χ1) is 19.2. The number of hydrogen-bond donors (Lipinski definition) is 2. The lowest BCUT2D eigenvalue weighted by Crippen LogP contribution is -2.56. The lowest BCUT2D eigenvalue weighted by atomic mass is 9.93. The molecule has 1 aromatic heterocycles. The largest absolute Gasteiger partial charge is 0.465 e. The molecule has 2 N–H and O–H groups in total. The monoisotopic (exact) mass is 548 g/mol. The zero-order chi connectivity index (χ0) is 28.9. The Morgan fingerprint density at radius 3 is 2.58 bits per heavy atom. The van der Waals surface area contributed by atoms with Crippen LogP contribution >= 0.6 is 0 Å². The van der Waals surface area contributed by atoms with Gasteiger partial charge in [0.05, 0.1) is 6.61 Å². The van der Waals surface area contributed by atoms with Crippen molar-refractivity contribution in [1.29, 1.82) is 0 Å². The molecule has 2 aliphatic rings. The number of carbonyl (C=O) groups is 2. The third-order valence-corrected chi connectivity index (χ3v) is 8.37. The van der Waals surface area contributed by atoms with E-state index in [1.807, 2.05) is 45.9 Å². The first-order valence-corrected chi connectivity index (χ1v) is 14.6. The Kier molecular flexibility index (Phi) is 9.51. The summed E-state index contributed by atoms with van der Waals surface area (Å²) < 4.78 is 5.33. The van der Waals surface area contributed by atoms with Crippen LogP contribution in [0.15, 0.2) is 41.2 Å². The number of carbonyl (C=O) groups excluding carboxylic acids is 2. The average molecular weight is 549 g/mol. The lowest BCUT2D eigenvalue weighted by molar-refractivity contribution is -0.156. The van der Waals surface area contributed by atoms with Crippen LogP contribution in [0, 0.1) is 6.92 Å². The van der Waals surface area contributed by atoms with Crippen LogP contribution in [0.2, 0.25) is 0 Å². The molecule has 0 bridgehead atoms. The first kappa shape index (κ1) is 29.6. The topological polar surface area (TPSA) is 94.7 Å². The SMILES string of the molecule is CCOC(=O)C(C)(C)N1CCC(N(CC)c2cccc3c2C/C=C/CCc2cc(C)[nH]c(=O)c2CNC3=O)CC1. The van der Waals surface area contributed by atoms with Crippen molar-refractivity contribution in [2.45, 2.75) is 84.8 Å². The second-order valence-corrected chi connectivity index (χ2v) is 11.3. The Labute approximate surface area is 237 Å². The van der Waals surface area contributed by atoms with Crippen molar-refractivity contribution < 1.29 is 14.3 Å². The Hall–Kier alpha value is -3.39. The van der Waals surface area contributed by atoms with E-state index >= 15 is 0 Å². The van der Waals surface area contributed by atoms with Gasteiger partial charge in [-0.05, 0) is 96.0 Å². The zero-order valence-corrected chi connectivity index (χ0v) is 24.6. The first-order valence-electron chi connectivity index (χ1n) is 14.6. The standard InChI is InChI=1S/C32H44N4O4/c1-6-36(24-16-18-35(19-17-24)32(4,5)31(39)40-7-2)28-15-11-14-26-25(28)13-10-8-9-12-23-20-22(3)34-30(38)27(23)21-33-29(26)37/h8,10-11,14-15,20,24H,6-7,9,12-13,16-19,21H2,1-5H3,(H,33,37)(H,34,38)/b10-8+. The van der Waals surface area contributed by atoms with E-state index in [1.165, 1.54) is 0 Å². The van der Waals surface area contributed by atoms with Crippen LogP contribution in [0.1, 0.15) is 79.7 Å². The number of aromatic amines is 1. The molecule has 0 unspecified atom stereocenters. The summed E-state index contributed by atoms with van der Waals surface area (Å²) in [5.74, 6) is -0.347. The number of hydrogen-bond acceptors (Lipinski definition) is 6. The van der Waals surface area contributed by atoms with Gasteiger partial charge in [-0.3, -0.25) is 19.3 Å². The number of amides is 1. The number of nitrogens with one attached hydrogen (secondary N) is 2. The highest BCUT2D eigenvalue weighted by Crippen LogP contribution is 2.32. The fourth-order valence-corrected chi connectivity index (χ4v) is 6.09. The van der Waals surface area contributed by atoms with Crippen molar-refractivity contribution in [3.63, 3.8) is 0 Å². The fourth-order valence-electron chi connectivity index (χ4n) is 6.09. The molecule has 0 saturated carbocycles. The van der Waals surface area contributed by atoms with E-state index in [0.29, 0.717) is 30.2 Å². The summed E-state index contributed by atoms with van der Waals surface area (Å²) >= 11 is 0. The maximum absolute atomic E-state index is 13.5. The molecule has 1 fully saturated rings. The van der Waals surface area contributed by atoms with Crippen LogP contribution in [-0.2, 0) is 28.9 Å². The number of benzene rings is 1. The summed E-state index contributed by atoms with van der Waals surface area (Å²) in [5, 5.41) is 3.03. The van der Waals surface area contributed by atoms with E-state index in [-0.39, 0.29) is 24.0 Å². The summed E-state index contributed by atoms with van der Waals surface area (Å²) in [5.41, 5.74) is 4.37. The molecule has 216 valence electrons. The zero-order valence-electron chi connectivity index (χ0n) is 24.6. The summed E-state index contributed by atoms with van der Waals surface area (Å²) in [6, 6.07) is 8.26. The van der Waals surface area contributed by atoms with Crippen molar-refractivity contribution in [2.24, 2.45) is 0 Å². The normalized spacial score (nSPS) is 18.0. The number of fused-ring (bicyclic) bond motifs is 2. The molecule has 0 aliphatic carbocycles. The number of nitrogens with zero attached hydrogens (tertiary/aromatic N) is 2. The van der Waals surface area contributed by atoms with Gasteiger partial charge < -0.3 is 19.9 Å². The van der Waals surface area contributed by atoms with Gasteiger partial charge in [-0.2, -0.15) is 0 Å². The number of rotatable bonds is 6. The number of likely N-dealkylation sites (tertiary alicyclic amines) is 1. The van der Waals surface area contributed by atoms with E-state index in [0.717, 1.165) is 67.8 Å². The predicted octanol–water partition coefficient (Wildman–Crippen LogP) is 4.29. The van der Waals surface area contributed by atoms with E-state index in [2.05, 4.69) is 45.2 Å². The molecule has 1 aromatic carbocycles. The predicted molar refractivity (Wildman–Crippen MR) is 159 cm³/mol. The molecule has 1 saturated heterocycles. The summed E-state index contributed by atoms with van der Waals surface area (Å²) in [7, 11) is 0. The van der Waals surface area contributed by atoms with Crippen LogP contribution in [0.25, 0.3) is 0 Å². The van der Waals surface area contributed by atoms with E-state index in [1.54, 1.807) is 0 Å². The minimum absolute atomic E-state index is 0.139. The average Bonchev–Trinajstić information content (AvgIpc) is 2.92. The number of ether oxygens (including phenoxy) is 1. The van der Waals surface area contributed by atoms with Crippen molar-refractivity contribution in [2.75, 3.05) is 31.1 Å². The summed E-state index contributed by atoms with van der Waals surface area (Å²) in [4.78, 5) is 46.3. The molecule has 8 nitrogen and oxygen atoms in total. The molecule has 8 heteroatoms. The number of aryl methyl sites for hydroxylation is 2. The highest BCUT2D eigenvalue weighted by atomic mass is 16.5. The van der Waals surface area contributed by atoms with Gasteiger partial charge >= 0.3 is 5.97 Å². The number of allylic oxidation sites excluding steroid dienone is 2. The number of anilines is 1. The van der Waals surface area contributed by atoms with Crippen LogP contribution < -0.4 is 15.8 Å². The second-order valence-electron chi connectivity index (χ2n) is 11.3. The van der Waals surface area contributed by atoms with Crippen LogP contribution in [0.5, 0.6) is 0 Å². The van der Waals surface area contributed by atoms with E-state index < -0.39 is 5.54 Å². The van der Waals surface area contributed by atoms with Gasteiger partial charge in [0.1, 0.15) is 5.54 Å². The Balaban J connectivity index is 1.58. The molecule has 2 aromatic rings.